The van der Waals surface area contributed by atoms with E-state index < -0.39 is 0 Å². The SMILES string of the molecule is CN=C(NCc1ccc(CN2CCOCC2)cc1)N1CCC(CC(=O)NC)CC1. The number of piperidine rings is 1. The highest BCUT2D eigenvalue weighted by Crippen LogP contribution is 2.20. The Morgan fingerprint density at radius 1 is 1.10 bits per heavy atom. The molecule has 2 heterocycles. The maximum Gasteiger partial charge on any atom is 0.220 e. The minimum absolute atomic E-state index is 0.142. The van der Waals surface area contributed by atoms with Crippen LogP contribution in [0.1, 0.15) is 30.4 Å². The molecule has 0 aromatic heterocycles. The van der Waals surface area contributed by atoms with Gasteiger partial charge in [-0.05, 0) is 29.9 Å². The molecule has 1 amide bonds. The fraction of sp³-hybridized carbons (Fsp3) is 0.636. The van der Waals surface area contributed by atoms with Crippen LogP contribution >= 0.6 is 0 Å². The zero-order chi connectivity index (χ0) is 20.5. The maximum absolute atomic E-state index is 11.6. The van der Waals surface area contributed by atoms with E-state index in [0.29, 0.717) is 12.3 Å². The Morgan fingerprint density at radius 3 is 2.38 bits per heavy atom. The summed E-state index contributed by atoms with van der Waals surface area (Å²) in [4.78, 5) is 20.8. The highest BCUT2D eigenvalue weighted by Gasteiger charge is 2.23. The molecule has 2 saturated heterocycles. The van der Waals surface area contributed by atoms with Gasteiger partial charge in [0.05, 0.1) is 13.2 Å². The number of rotatable bonds is 6. The highest BCUT2D eigenvalue weighted by atomic mass is 16.5. The lowest BCUT2D eigenvalue weighted by Crippen LogP contribution is -2.45. The molecule has 7 heteroatoms. The first kappa shape index (κ1) is 21.6. The average molecular weight is 402 g/mol. The van der Waals surface area contributed by atoms with E-state index in [1.54, 1.807) is 7.05 Å². The summed E-state index contributed by atoms with van der Waals surface area (Å²) < 4.78 is 5.42. The third-order valence-electron chi connectivity index (χ3n) is 5.86. The number of guanidine groups is 1. The van der Waals surface area contributed by atoms with Gasteiger partial charge in [0.2, 0.25) is 5.91 Å². The fourth-order valence-electron chi connectivity index (χ4n) is 4.01. The molecule has 2 aliphatic rings. The molecule has 2 N–H and O–H groups in total. The molecule has 1 aromatic carbocycles. The van der Waals surface area contributed by atoms with Crippen LogP contribution < -0.4 is 10.6 Å². The van der Waals surface area contributed by atoms with Gasteiger partial charge in [-0.15, -0.1) is 0 Å². The number of carbonyl (C=O) groups is 1. The lowest BCUT2D eigenvalue weighted by Gasteiger charge is -2.34. The number of nitrogens with zero attached hydrogens (tertiary/aromatic N) is 3. The third kappa shape index (κ3) is 6.72. The fourth-order valence-corrected chi connectivity index (χ4v) is 4.01. The molecule has 3 rings (SSSR count). The molecule has 7 nitrogen and oxygen atoms in total. The highest BCUT2D eigenvalue weighted by molar-refractivity contribution is 5.80. The number of morpholine rings is 1. The molecular weight excluding hydrogens is 366 g/mol. The summed E-state index contributed by atoms with van der Waals surface area (Å²) in [6, 6.07) is 8.84. The van der Waals surface area contributed by atoms with E-state index in [9.17, 15) is 4.79 Å². The second kappa shape index (κ2) is 11.2. The maximum atomic E-state index is 11.6. The first-order valence-corrected chi connectivity index (χ1v) is 10.7. The summed E-state index contributed by atoms with van der Waals surface area (Å²) in [5, 5.41) is 6.22. The van der Waals surface area contributed by atoms with Gasteiger partial charge in [0, 0.05) is 59.8 Å². The molecule has 2 fully saturated rings. The Hall–Kier alpha value is -2.12. The summed E-state index contributed by atoms with van der Waals surface area (Å²) in [5.74, 6) is 1.56. The number of ether oxygens (including phenoxy) is 1. The van der Waals surface area contributed by atoms with Gasteiger partial charge in [-0.25, -0.2) is 0 Å². The molecule has 0 saturated carbocycles. The number of amides is 1. The van der Waals surface area contributed by atoms with Gasteiger partial charge in [-0.3, -0.25) is 14.7 Å². The van der Waals surface area contributed by atoms with Gasteiger partial charge in [-0.2, -0.15) is 0 Å². The molecule has 0 spiro atoms. The normalized spacial score (nSPS) is 19.2. The Kier molecular flexibility index (Phi) is 8.31. The van der Waals surface area contributed by atoms with Crippen LogP contribution in [-0.2, 0) is 22.6 Å². The average Bonchev–Trinajstić information content (AvgIpc) is 2.77. The van der Waals surface area contributed by atoms with E-state index >= 15 is 0 Å². The second-order valence-corrected chi connectivity index (χ2v) is 7.91. The molecule has 160 valence electrons. The standard InChI is InChI=1S/C22H35N5O2/c1-23-21(28)15-18-7-9-27(10-8-18)22(24-2)25-16-19-3-5-20(6-4-19)17-26-11-13-29-14-12-26/h3-6,18H,7-17H2,1-2H3,(H,23,28)(H,24,25). The van der Waals surface area contributed by atoms with Gasteiger partial charge >= 0.3 is 0 Å². The first-order chi connectivity index (χ1) is 14.2. The summed E-state index contributed by atoms with van der Waals surface area (Å²) in [7, 11) is 3.54. The van der Waals surface area contributed by atoms with Gasteiger partial charge in [0.25, 0.3) is 0 Å². The molecule has 29 heavy (non-hydrogen) atoms. The number of carbonyl (C=O) groups excluding carboxylic acids is 1. The monoisotopic (exact) mass is 401 g/mol. The number of hydrogen-bond donors (Lipinski definition) is 2. The Bertz CT molecular complexity index is 662. The molecule has 0 atom stereocenters. The topological polar surface area (TPSA) is 69.2 Å². The van der Waals surface area contributed by atoms with E-state index in [-0.39, 0.29) is 5.91 Å². The molecule has 0 aliphatic carbocycles. The van der Waals surface area contributed by atoms with E-state index in [1.165, 1.54) is 11.1 Å². The van der Waals surface area contributed by atoms with Crippen LogP contribution in [0.15, 0.2) is 29.3 Å². The van der Waals surface area contributed by atoms with Crippen LogP contribution in [0.2, 0.25) is 0 Å². The van der Waals surface area contributed by atoms with Crippen molar-refractivity contribution >= 4 is 11.9 Å². The third-order valence-corrected chi connectivity index (χ3v) is 5.86. The number of aliphatic imine (C=N–C) groups is 1. The molecule has 0 radical (unpaired) electrons. The van der Waals surface area contributed by atoms with Gasteiger partial charge in [0.15, 0.2) is 5.96 Å². The largest absolute Gasteiger partial charge is 0.379 e. The lowest BCUT2D eigenvalue weighted by atomic mass is 9.93. The number of benzene rings is 1. The summed E-state index contributed by atoms with van der Waals surface area (Å²) in [6.45, 7) is 7.35. The van der Waals surface area contributed by atoms with Crippen LogP contribution in [-0.4, -0.2) is 75.2 Å². The van der Waals surface area contributed by atoms with Gasteiger partial charge in [0.1, 0.15) is 0 Å². The van der Waals surface area contributed by atoms with Crippen molar-refractivity contribution in [2.24, 2.45) is 10.9 Å². The Labute approximate surface area is 174 Å². The minimum atomic E-state index is 0.142. The van der Waals surface area contributed by atoms with Crippen molar-refractivity contribution in [3.63, 3.8) is 0 Å². The van der Waals surface area contributed by atoms with Gasteiger partial charge < -0.3 is 20.3 Å². The van der Waals surface area contributed by atoms with Crippen LogP contribution in [0.25, 0.3) is 0 Å². The van der Waals surface area contributed by atoms with E-state index in [2.05, 4.69) is 49.7 Å². The second-order valence-electron chi connectivity index (χ2n) is 7.91. The van der Waals surface area contributed by atoms with E-state index in [1.807, 2.05) is 7.05 Å². The van der Waals surface area contributed by atoms with Gasteiger partial charge in [-0.1, -0.05) is 24.3 Å². The zero-order valence-electron chi connectivity index (χ0n) is 17.8. The summed E-state index contributed by atoms with van der Waals surface area (Å²) in [5.41, 5.74) is 2.60. The number of hydrogen-bond acceptors (Lipinski definition) is 4. The minimum Gasteiger partial charge on any atom is -0.379 e. The molecule has 0 unspecified atom stereocenters. The van der Waals surface area contributed by atoms with Crippen molar-refractivity contribution in [2.45, 2.75) is 32.4 Å². The molecular formula is C22H35N5O2. The molecule has 1 aromatic rings. The van der Waals surface area contributed by atoms with Crippen LogP contribution in [0.4, 0.5) is 0 Å². The molecule has 0 bridgehead atoms. The van der Waals surface area contributed by atoms with E-state index in [0.717, 1.165) is 71.3 Å². The number of likely N-dealkylation sites (tertiary alicyclic amines) is 1. The Balaban J connectivity index is 1.43. The van der Waals surface area contributed by atoms with Crippen molar-refractivity contribution in [3.8, 4) is 0 Å². The quantitative estimate of drug-likeness (QED) is 0.558. The van der Waals surface area contributed by atoms with Crippen molar-refractivity contribution < 1.29 is 9.53 Å². The zero-order valence-corrected chi connectivity index (χ0v) is 17.8. The lowest BCUT2D eigenvalue weighted by molar-refractivity contribution is -0.121. The van der Waals surface area contributed by atoms with Crippen LogP contribution in [0.3, 0.4) is 0 Å². The smallest absolute Gasteiger partial charge is 0.220 e. The number of nitrogens with one attached hydrogen (secondary N) is 2. The predicted molar refractivity (Wildman–Crippen MR) is 116 cm³/mol. The van der Waals surface area contributed by atoms with Crippen LogP contribution in [0, 0.1) is 5.92 Å². The molecule has 2 aliphatic heterocycles. The van der Waals surface area contributed by atoms with Crippen LogP contribution in [0.5, 0.6) is 0 Å². The van der Waals surface area contributed by atoms with Crippen molar-refractivity contribution in [1.82, 2.24) is 20.4 Å². The summed E-state index contributed by atoms with van der Waals surface area (Å²) >= 11 is 0. The van der Waals surface area contributed by atoms with Crippen molar-refractivity contribution in [1.29, 1.82) is 0 Å². The Morgan fingerprint density at radius 2 is 1.76 bits per heavy atom. The predicted octanol–water partition coefficient (Wildman–Crippen LogP) is 1.44. The van der Waals surface area contributed by atoms with Crippen molar-refractivity contribution in [3.05, 3.63) is 35.4 Å². The van der Waals surface area contributed by atoms with E-state index in [4.69, 9.17) is 4.74 Å². The van der Waals surface area contributed by atoms with Crippen molar-refractivity contribution in [2.75, 3.05) is 53.5 Å². The summed E-state index contributed by atoms with van der Waals surface area (Å²) in [6.07, 6.45) is 2.70. The first-order valence-electron chi connectivity index (χ1n) is 10.7.